The van der Waals surface area contributed by atoms with Gasteiger partial charge in [-0.15, -0.1) is 0 Å². The van der Waals surface area contributed by atoms with Crippen molar-refractivity contribution < 1.29 is 38.4 Å². The summed E-state index contributed by atoms with van der Waals surface area (Å²) < 4.78 is 21.8. The first kappa shape index (κ1) is 27.6. The molecule has 0 spiro atoms. The van der Waals surface area contributed by atoms with Crippen LogP contribution in [0.25, 0.3) is 0 Å². The number of carbonyl (C=O) groups excluding carboxylic acids is 3. The summed E-state index contributed by atoms with van der Waals surface area (Å²) in [6.07, 6.45) is -0.106. The zero-order valence-corrected chi connectivity index (χ0v) is 22.2. The summed E-state index contributed by atoms with van der Waals surface area (Å²) >= 11 is 0. The van der Waals surface area contributed by atoms with E-state index in [1.54, 1.807) is 48.5 Å². The number of epoxide rings is 1. The van der Waals surface area contributed by atoms with Crippen LogP contribution in [-0.2, 0) is 45.2 Å². The Bertz CT molecular complexity index is 1510. The average molecular weight is 553 g/mol. The summed E-state index contributed by atoms with van der Waals surface area (Å²) in [7, 11) is 0. The van der Waals surface area contributed by atoms with Gasteiger partial charge < -0.3 is 24.1 Å². The number of carbonyl (C=O) groups is 3. The molecule has 4 aromatic carbocycles. The van der Waals surface area contributed by atoms with Gasteiger partial charge in [0.15, 0.2) is 0 Å². The first-order chi connectivity index (χ1) is 20.0. The molecule has 0 aromatic heterocycles. The summed E-state index contributed by atoms with van der Waals surface area (Å²) in [6, 6.07) is 28.3. The monoisotopic (exact) mass is 552 g/mol. The third kappa shape index (κ3) is 7.17. The van der Waals surface area contributed by atoms with Crippen LogP contribution in [0.1, 0.15) is 53.3 Å². The number of phenolic OH excluding ortho intramolecular Hbond substituents is 1. The molecule has 1 atom stereocenters. The van der Waals surface area contributed by atoms with Crippen LogP contribution >= 0.6 is 0 Å². The quantitative estimate of drug-likeness (QED) is 0.150. The van der Waals surface area contributed by atoms with Gasteiger partial charge in [-0.05, 0) is 22.8 Å². The lowest BCUT2D eigenvalue weighted by atomic mass is 9.93. The molecule has 5 rings (SSSR count). The number of ether oxygens (including phenoxy) is 4. The molecule has 208 valence electrons. The lowest BCUT2D eigenvalue weighted by Crippen LogP contribution is -2.19. The van der Waals surface area contributed by atoms with Crippen LogP contribution in [0.2, 0.25) is 0 Å². The number of rotatable bonds is 11. The smallest absolute Gasteiger partial charge is 0.343 e. The van der Waals surface area contributed by atoms with E-state index < -0.39 is 23.7 Å². The largest absolute Gasteiger partial charge is 0.507 e. The molecule has 1 heterocycles. The third-order valence-electron chi connectivity index (χ3n) is 6.52. The van der Waals surface area contributed by atoms with E-state index in [1.807, 2.05) is 42.5 Å². The van der Waals surface area contributed by atoms with Crippen LogP contribution < -0.4 is 0 Å². The van der Waals surface area contributed by atoms with Gasteiger partial charge in [-0.2, -0.15) is 0 Å². The molecule has 0 bridgehead atoms. The summed E-state index contributed by atoms with van der Waals surface area (Å²) in [5, 5.41) is 11.4. The minimum Gasteiger partial charge on any atom is -0.507 e. The van der Waals surface area contributed by atoms with Crippen molar-refractivity contribution in [2.24, 2.45) is 0 Å². The first-order valence-electron chi connectivity index (χ1n) is 13.1. The third-order valence-corrected chi connectivity index (χ3v) is 6.52. The van der Waals surface area contributed by atoms with E-state index in [2.05, 4.69) is 0 Å². The molecule has 1 aliphatic heterocycles. The Hall–Kier alpha value is -4.95. The molecule has 1 saturated heterocycles. The van der Waals surface area contributed by atoms with Crippen molar-refractivity contribution in [3.05, 3.63) is 136 Å². The van der Waals surface area contributed by atoms with Crippen molar-refractivity contribution >= 4 is 17.9 Å². The van der Waals surface area contributed by atoms with E-state index in [0.717, 1.165) is 16.7 Å². The van der Waals surface area contributed by atoms with Crippen molar-refractivity contribution in [2.75, 3.05) is 6.61 Å². The lowest BCUT2D eigenvalue weighted by Gasteiger charge is -2.17. The Morgan fingerprint density at radius 3 is 1.51 bits per heavy atom. The van der Waals surface area contributed by atoms with Crippen LogP contribution in [0.5, 0.6) is 5.75 Å². The summed E-state index contributed by atoms with van der Waals surface area (Å²) in [6.45, 7) is 0.255. The van der Waals surface area contributed by atoms with Crippen molar-refractivity contribution in [3.8, 4) is 5.75 Å². The number of esters is 3. The number of phenols is 1. The fourth-order valence-corrected chi connectivity index (χ4v) is 4.28. The van der Waals surface area contributed by atoms with Crippen LogP contribution in [0, 0.1) is 0 Å². The standard InChI is InChI=1S/C33H28O8/c34-30-26(16-25-21-38-25)27(31(35)39-18-22-10-4-1-5-11-22)17-28(32(36)40-19-23-12-6-2-7-13-23)29(30)33(37)41-20-24-14-8-3-9-15-24/h1-15,17,25,34H,16,18-21H2. The molecule has 1 unspecified atom stereocenters. The second kappa shape index (κ2) is 12.9. The zero-order chi connectivity index (χ0) is 28.6. The van der Waals surface area contributed by atoms with Gasteiger partial charge in [0.1, 0.15) is 31.1 Å². The molecular weight excluding hydrogens is 524 g/mol. The summed E-state index contributed by atoms with van der Waals surface area (Å²) in [5.74, 6) is -3.14. The minimum atomic E-state index is -0.930. The molecule has 1 aliphatic rings. The molecule has 0 radical (unpaired) electrons. The fourth-order valence-electron chi connectivity index (χ4n) is 4.28. The van der Waals surface area contributed by atoms with Crippen LogP contribution in [-0.4, -0.2) is 35.7 Å². The Morgan fingerprint density at radius 1 is 0.659 bits per heavy atom. The summed E-state index contributed by atoms with van der Waals surface area (Å²) in [5.41, 5.74) is 1.61. The van der Waals surface area contributed by atoms with Gasteiger partial charge in [0.25, 0.3) is 0 Å². The van der Waals surface area contributed by atoms with Gasteiger partial charge in [0, 0.05) is 12.0 Å². The second-order valence-electron chi connectivity index (χ2n) is 9.52. The van der Waals surface area contributed by atoms with Gasteiger partial charge in [0.2, 0.25) is 0 Å². The van der Waals surface area contributed by atoms with Crippen LogP contribution in [0.15, 0.2) is 97.1 Å². The highest BCUT2D eigenvalue weighted by molar-refractivity contribution is 6.08. The van der Waals surface area contributed by atoms with E-state index in [4.69, 9.17) is 18.9 Å². The molecule has 0 amide bonds. The molecule has 1 fully saturated rings. The Balaban J connectivity index is 1.49. The minimum absolute atomic E-state index is 0.0194. The maximum absolute atomic E-state index is 13.4. The van der Waals surface area contributed by atoms with Crippen LogP contribution in [0.4, 0.5) is 0 Å². The molecule has 8 heteroatoms. The van der Waals surface area contributed by atoms with Gasteiger partial charge in [-0.3, -0.25) is 0 Å². The average Bonchev–Trinajstić information content (AvgIpc) is 3.84. The van der Waals surface area contributed by atoms with Gasteiger partial charge in [0.05, 0.1) is 23.8 Å². The highest BCUT2D eigenvalue weighted by Crippen LogP contribution is 2.35. The normalized spacial score (nSPS) is 13.7. The molecule has 8 nitrogen and oxygen atoms in total. The molecule has 4 aromatic rings. The first-order valence-corrected chi connectivity index (χ1v) is 13.1. The van der Waals surface area contributed by atoms with Crippen molar-refractivity contribution in [2.45, 2.75) is 32.3 Å². The molecule has 1 N–H and O–H groups in total. The van der Waals surface area contributed by atoms with E-state index in [-0.39, 0.29) is 54.6 Å². The SMILES string of the molecule is O=C(OCc1ccccc1)c1cc(C(=O)OCc2ccccc2)c(C(=O)OCc2ccccc2)c(O)c1CC1CO1. The highest BCUT2D eigenvalue weighted by atomic mass is 16.6. The second-order valence-corrected chi connectivity index (χ2v) is 9.52. The van der Waals surface area contributed by atoms with Gasteiger partial charge in [-0.25, -0.2) is 14.4 Å². The number of benzene rings is 4. The maximum Gasteiger partial charge on any atom is 0.343 e. The lowest BCUT2D eigenvalue weighted by molar-refractivity contribution is 0.0418. The van der Waals surface area contributed by atoms with E-state index in [1.165, 1.54) is 6.07 Å². The Kier molecular flexibility index (Phi) is 8.71. The van der Waals surface area contributed by atoms with Crippen molar-refractivity contribution in [1.29, 1.82) is 0 Å². The van der Waals surface area contributed by atoms with Gasteiger partial charge in [-0.1, -0.05) is 91.0 Å². The highest BCUT2D eigenvalue weighted by Gasteiger charge is 2.34. The summed E-state index contributed by atoms with van der Waals surface area (Å²) in [4.78, 5) is 40.0. The predicted octanol–water partition coefficient (Wildman–Crippen LogP) is 5.40. The van der Waals surface area contributed by atoms with E-state index >= 15 is 0 Å². The molecule has 41 heavy (non-hydrogen) atoms. The molecule has 0 aliphatic carbocycles. The Morgan fingerprint density at radius 2 is 1.07 bits per heavy atom. The van der Waals surface area contributed by atoms with Crippen LogP contribution in [0.3, 0.4) is 0 Å². The van der Waals surface area contributed by atoms with Crippen molar-refractivity contribution in [3.63, 3.8) is 0 Å². The van der Waals surface area contributed by atoms with E-state index in [0.29, 0.717) is 6.61 Å². The Labute approximate surface area is 237 Å². The fraction of sp³-hybridized carbons (Fsp3) is 0.182. The van der Waals surface area contributed by atoms with E-state index in [9.17, 15) is 19.5 Å². The van der Waals surface area contributed by atoms with Crippen molar-refractivity contribution in [1.82, 2.24) is 0 Å². The maximum atomic E-state index is 13.4. The van der Waals surface area contributed by atoms with Gasteiger partial charge >= 0.3 is 17.9 Å². The molecule has 0 saturated carbocycles. The number of hydrogen-bond acceptors (Lipinski definition) is 8. The topological polar surface area (TPSA) is 112 Å². The predicted molar refractivity (Wildman–Crippen MR) is 148 cm³/mol. The molecular formula is C33H28O8. The number of hydrogen-bond donors (Lipinski definition) is 1. The zero-order valence-electron chi connectivity index (χ0n) is 22.2. The number of aromatic hydroxyl groups is 1.